The van der Waals surface area contributed by atoms with Crippen molar-refractivity contribution in [3.05, 3.63) is 66.2 Å². The molecule has 130 valence electrons. The van der Waals surface area contributed by atoms with E-state index in [4.69, 9.17) is 0 Å². The standard InChI is InChI=1S/C20H23N3O2/c1-15(16-9-4-2-5-10-16)21-19(24)18-13-8-14-23(18)20(25)22-17-11-6-3-7-12-17/h2-7,9-12,15,18H,8,13-14H2,1H3,(H,21,24)(H,22,25)/t15-,18-/m0/s1. The minimum absolute atomic E-state index is 0.0895. The summed E-state index contributed by atoms with van der Waals surface area (Å²) in [7, 11) is 0. The normalized spacial score (nSPS) is 17.8. The Bertz CT molecular complexity index is 718. The topological polar surface area (TPSA) is 61.4 Å². The molecule has 1 aliphatic rings. The zero-order valence-electron chi connectivity index (χ0n) is 14.3. The molecule has 2 N–H and O–H groups in total. The molecule has 0 spiro atoms. The van der Waals surface area contributed by atoms with Crippen LogP contribution < -0.4 is 10.6 Å². The first kappa shape index (κ1) is 17.0. The third kappa shape index (κ3) is 4.18. The summed E-state index contributed by atoms with van der Waals surface area (Å²) < 4.78 is 0. The Balaban J connectivity index is 1.62. The van der Waals surface area contributed by atoms with Crippen LogP contribution in [0.4, 0.5) is 10.5 Å². The van der Waals surface area contributed by atoms with Crippen LogP contribution in [0.3, 0.4) is 0 Å². The van der Waals surface area contributed by atoms with Crippen LogP contribution in [0, 0.1) is 0 Å². The minimum Gasteiger partial charge on any atom is -0.348 e. The number of nitrogens with zero attached hydrogens (tertiary/aromatic N) is 1. The van der Waals surface area contributed by atoms with Crippen LogP contribution in [0.5, 0.6) is 0 Å². The molecule has 5 heteroatoms. The Morgan fingerprint density at radius 3 is 2.36 bits per heavy atom. The zero-order valence-corrected chi connectivity index (χ0v) is 14.3. The molecule has 0 unspecified atom stereocenters. The van der Waals surface area contributed by atoms with Gasteiger partial charge in [0.15, 0.2) is 0 Å². The summed E-state index contributed by atoms with van der Waals surface area (Å²) in [6.45, 7) is 2.55. The van der Waals surface area contributed by atoms with Crippen LogP contribution in [0.25, 0.3) is 0 Å². The van der Waals surface area contributed by atoms with E-state index in [1.165, 1.54) is 0 Å². The quantitative estimate of drug-likeness (QED) is 0.896. The van der Waals surface area contributed by atoms with Gasteiger partial charge in [-0.3, -0.25) is 4.79 Å². The number of likely N-dealkylation sites (tertiary alicyclic amines) is 1. The first-order valence-electron chi connectivity index (χ1n) is 8.63. The van der Waals surface area contributed by atoms with Gasteiger partial charge in [-0.15, -0.1) is 0 Å². The van der Waals surface area contributed by atoms with E-state index in [9.17, 15) is 9.59 Å². The molecular weight excluding hydrogens is 314 g/mol. The van der Waals surface area contributed by atoms with E-state index in [1.54, 1.807) is 4.90 Å². The number of nitrogens with one attached hydrogen (secondary N) is 2. The Labute approximate surface area is 148 Å². The molecule has 3 rings (SSSR count). The van der Waals surface area contributed by atoms with Crippen molar-refractivity contribution in [2.24, 2.45) is 0 Å². The number of hydrogen-bond acceptors (Lipinski definition) is 2. The first-order chi connectivity index (χ1) is 12.1. The van der Waals surface area contributed by atoms with Crippen LogP contribution in [0.1, 0.15) is 31.4 Å². The summed E-state index contributed by atoms with van der Waals surface area (Å²) in [5.41, 5.74) is 1.78. The molecule has 0 aliphatic carbocycles. The van der Waals surface area contributed by atoms with E-state index in [2.05, 4.69) is 10.6 Å². The molecule has 25 heavy (non-hydrogen) atoms. The summed E-state index contributed by atoms with van der Waals surface area (Å²) in [6, 6.07) is 18.4. The number of benzene rings is 2. The maximum atomic E-state index is 12.7. The molecule has 1 heterocycles. The zero-order chi connectivity index (χ0) is 17.6. The second kappa shape index (κ2) is 7.83. The Morgan fingerprint density at radius 1 is 1.04 bits per heavy atom. The number of carbonyl (C=O) groups excluding carboxylic acids is 2. The van der Waals surface area contributed by atoms with E-state index >= 15 is 0 Å². The van der Waals surface area contributed by atoms with Crippen LogP contribution in [-0.4, -0.2) is 29.4 Å². The maximum Gasteiger partial charge on any atom is 0.322 e. The minimum atomic E-state index is -0.421. The SMILES string of the molecule is C[C@H](NC(=O)[C@@H]1CCCN1C(=O)Nc1ccccc1)c1ccccc1. The van der Waals surface area contributed by atoms with Crippen molar-refractivity contribution in [1.29, 1.82) is 0 Å². The molecule has 0 saturated carbocycles. The van der Waals surface area contributed by atoms with Crippen molar-refractivity contribution in [3.63, 3.8) is 0 Å². The number of carbonyl (C=O) groups is 2. The predicted octanol–water partition coefficient (Wildman–Crippen LogP) is 3.56. The van der Waals surface area contributed by atoms with E-state index in [0.29, 0.717) is 13.0 Å². The van der Waals surface area contributed by atoms with E-state index < -0.39 is 6.04 Å². The third-order valence-corrected chi connectivity index (χ3v) is 4.50. The van der Waals surface area contributed by atoms with Gasteiger partial charge in [0, 0.05) is 12.2 Å². The Kier molecular flexibility index (Phi) is 5.33. The highest BCUT2D eigenvalue weighted by Gasteiger charge is 2.34. The van der Waals surface area contributed by atoms with Gasteiger partial charge in [-0.2, -0.15) is 0 Å². The number of urea groups is 1. The second-order valence-electron chi connectivity index (χ2n) is 6.29. The van der Waals surface area contributed by atoms with Crippen molar-refractivity contribution in [2.45, 2.75) is 31.8 Å². The number of anilines is 1. The summed E-state index contributed by atoms with van der Waals surface area (Å²) in [5.74, 6) is -0.0999. The van der Waals surface area contributed by atoms with Crippen LogP contribution >= 0.6 is 0 Å². The Hall–Kier alpha value is -2.82. The lowest BCUT2D eigenvalue weighted by atomic mass is 10.1. The summed E-state index contributed by atoms with van der Waals surface area (Å²) in [4.78, 5) is 26.8. The van der Waals surface area contributed by atoms with Gasteiger partial charge in [0.1, 0.15) is 6.04 Å². The van der Waals surface area contributed by atoms with Crippen molar-refractivity contribution in [3.8, 4) is 0 Å². The molecule has 1 saturated heterocycles. The van der Waals surface area contributed by atoms with Gasteiger partial charge in [-0.1, -0.05) is 48.5 Å². The number of para-hydroxylation sites is 1. The number of rotatable bonds is 4. The highest BCUT2D eigenvalue weighted by molar-refractivity contribution is 5.94. The van der Waals surface area contributed by atoms with Gasteiger partial charge >= 0.3 is 6.03 Å². The molecule has 5 nitrogen and oxygen atoms in total. The molecule has 1 fully saturated rings. The van der Waals surface area contributed by atoms with Gasteiger partial charge in [-0.25, -0.2) is 4.79 Å². The number of amides is 3. The molecule has 0 radical (unpaired) electrons. The average Bonchev–Trinajstić information content (AvgIpc) is 3.13. The van der Waals surface area contributed by atoms with Crippen molar-refractivity contribution in [1.82, 2.24) is 10.2 Å². The lowest BCUT2D eigenvalue weighted by Crippen LogP contribution is -2.47. The lowest BCUT2D eigenvalue weighted by molar-refractivity contribution is -0.125. The predicted molar refractivity (Wildman–Crippen MR) is 98.2 cm³/mol. The van der Waals surface area contributed by atoms with Crippen LogP contribution in [-0.2, 0) is 4.79 Å². The van der Waals surface area contributed by atoms with Gasteiger partial charge in [0.2, 0.25) is 5.91 Å². The van der Waals surface area contributed by atoms with Crippen molar-refractivity contribution in [2.75, 3.05) is 11.9 Å². The third-order valence-electron chi connectivity index (χ3n) is 4.50. The van der Waals surface area contributed by atoms with Gasteiger partial charge < -0.3 is 15.5 Å². The van der Waals surface area contributed by atoms with Crippen molar-refractivity contribution < 1.29 is 9.59 Å². The second-order valence-corrected chi connectivity index (χ2v) is 6.29. The largest absolute Gasteiger partial charge is 0.348 e. The fourth-order valence-electron chi connectivity index (χ4n) is 3.13. The molecule has 2 aromatic rings. The molecule has 2 aromatic carbocycles. The summed E-state index contributed by atoms with van der Waals surface area (Å²) in [5, 5.41) is 5.89. The van der Waals surface area contributed by atoms with Crippen LogP contribution in [0.2, 0.25) is 0 Å². The van der Waals surface area contributed by atoms with Gasteiger partial charge in [0.25, 0.3) is 0 Å². The molecule has 0 aromatic heterocycles. The maximum absolute atomic E-state index is 12.7. The summed E-state index contributed by atoms with van der Waals surface area (Å²) in [6.07, 6.45) is 1.52. The molecule has 2 atom stereocenters. The van der Waals surface area contributed by atoms with Crippen LogP contribution in [0.15, 0.2) is 60.7 Å². The fourth-order valence-corrected chi connectivity index (χ4v) is 3.13. The van der Waals surface area contributed by atoms with Gasteiger partial charge in [-0.05, 0) is 37.5 Å². The molecule has 3 amide bonds. The monoisotopic (exact) mass is 337 g/mol. The highest BCUT2D eigenvalue weighted by Crippen LogP contribution is 2.21. The molecular formula is C20H23N3O2. The van der Waals surface area contributed by atoms with Crippen molar-refractivity contribution >= 4 is 17.6 Å². The Morgan fingerprint density at radius 2 is 1.68 bits per heavy atom. The molecule has 1 aliphatic heterocycles. The van der Waals surface area contributed by atoms with E-state index in [1.807, 2.05) is 67.6 Å². The average molecular weight is 337 g/mol. The first-order valence-corrected chi connectivity index (χ1v) is 8.63. The van der Waals surface area contributed by atoms with E-state index in [0.717, 1.165) is 17.7 Å². The lowest BCUT2D eigenvalue weighted by Gasteiger charge is -2.26. The highest BCUT2D eigenvalue weighted by atomic mass is 16.2. The molecule has 0 bridgehead atoms. The smallest absolute Gasteiger partial charge is 0.322 e. The number of hydrogen-bond donors (Lipinski definition) is 2. The fraction of sp³-hybridized carbons (Fsp3) is 0.300. The van der Waals surface area contributed by atoms with Gasteiger partial charge in [0.05, 0.1) is 6.04 Å². The summed E-state index contributed by atoms with van der Waals surface area (Å²) >= 11 is 0. The van der Waals surface area contributed by atoms with E-state index in [-0.39, 0.29) is 18.0 Å².